The molecule has 7 heteroatoms. The first kappa shape index (κ1) is 15.8. The molecule has 18 heavy (non-hydrogen) atoms. The minimum atomic E-state index is -3.49. The van der Waals surface area contributed by atoms with Gasteiger partial charge in [0.15, 0.2) is 0 Å². The second-order valence-corrected chi connectivity index (χ2v) is 7.68. The van der Waals surface area contributed by atoms with Crippen molar-refractivity contribution in [1.29, 1.82) is 0 Å². The van der Waals surface area contributed by atoms with Gasteiger partial charge in [0.2, 0.25) is 10.0 Å². The van der Waals surface area contributed by atoms with Crippen LogP contribution < -0.4 is 5.73 Å². The molecule has 0 aromatic rings. The third-order valence-corrected chi connectivity index (χ3v) is 6.26. The van der Waals surface area contributed by atoms with E-state index in [4.69, 9.17) is 18.0 Å². The van der Waals surface area contributed by atoms with Crippen LogP contribution in [-0.2, 0) is 10.0 Å². The molecule has 0 amide bonds. The molecule has 1 aliphatic rings. The second-order valence-electron chi connectivity index (χ2n) is 5.09. The van der Waals surface area contributed by atoms with E-state index in [9.17, 15) is 13.5 Å². The van der Waals surface area contributed by atoms with Gasteiger partial charge in [-0.1, -0.05) is 19.1 Å². The maximum Gasteiger partial charge on any atom is 0.223 e. The Balaban J connectivity index is 2.89. The van der Waals surface area contributed by atoms with Crippen molar-refractivity contribution in [2.24, 2.45) is 5.73 Å². The molecule has 3 N–H and O–H groups in total. The monoisotopic (exact) mass is 294 g/mol. The van der Waals surface area contributed by atoms with E-state index in [2.05, 4.69) is 0 Å². The third kappa shape index (κ3) is 3.63. The molecule has 0 aromatic heterocycles. The maximum absolute atomic E-state index is 12.4. The van der Waals surface area contributed by atoms with Crippen molar-refractivity contribution in [3.05, 3.63) is 0 Å². The first-order chi connectivity index (χ1) is 8.20. The van der Waals surface area contributed by atoms with E-state index in [0.29, 0.717) is 38.8 Å². The highest BCUT2D eigenvalue weighted by Gasteiger charge is 2.35. The second kappa shape index (κ2) is 5.81. The van der Waals surface area contributed by atoms with Gasteiger partial charge in [-0.05, 0) is 32.6 Å². The van der Waals surface area contributed by atoms with Gasteiger partial charge in [-0.2, -0.15) is 0 Å². The summed E-state index contributed by atoms with van der Waals surface area (Å²) in [6.07, 6.45) is 2.09. The summed E-state index contributed by atoms with van der Waals surface area (Å²) in [6.45, 7) is 4.26. The smallest absolute Gasteiger partial charge is 0.223 e. The Morgan fingerprint density at radius 1 is 1.50 bits per heavy atom. The van der Waals surface area contributed by atoms with Crippen LogP contribution >= 0.6 is 12.2 Å². The lowest BCUT2D eigenvalue weighted by Gasteiger charge is -2.26. The van der Waals surface area contributed by atoms with Gasteiger partial charge in [0, 0.05) is 13.1 Å². The van der Waals surface area contributed by atoms with Crippen LogP contribution in [0.25, 0.3) is 0 Å². The fourth-order valence-corrected chi connectivity index (χ4v) is 4.57. The molecular weight excluding hydrogens is 272 g/mol. The van der Waals surface area contributed by atoms with Crippen LogP contribution in [0.15, 0.2) is 0 Å². The van der Waals surface area contributed by atoms with Crippen LogP contribution in [0, 0.1) is 0 Å². The van der Waals surface area contributed by atoms with Gasteiger partial charge in [-0.15, -0.1) is 0 Å². The molecule has 1 rings (SSSR count). The Morgan fingerprint density at radius 2 is 2.11 bits per heavy atom. The summed E-state index contributed by atoms with van der Waals surface area (Å²) < 4.78 is 26.2. The van der Waals surface area contributed by atoms with E-state index in [-0.39, 0.29) is 4.99 Å². The summed E-state index contributed by atoms with van der Waals surface area (Å²) in [5.41, 5.74) is 4.73. The molecule has 1 aliphatic heterocycles. The lowest BCUT2D eigenvalue weighted by Crippen LogP contribution is -2.45. The lowest BCUT2D eigenvalue weighted by atomic mass is 9.98. The van der Waals surface area contributed by atoms with Crippen LogP contribution in [0.5, 0.6) is 0 Å². The fourth-order valence-electron chi connectivity index (χ4n) is 2.23. The number of nitrogens with zero attached hydrogens (tertiary/aromatic N) is 1. The van der Waals surface area contributed by atoms with E-state index in [1.54, 1.807) is 13.8 Å². The number of aliphatic hydroxyl groups is 1. The Labute approximate surface area is 114 Å². The van der Waals surface area contributed by atoms with Crippen molar-refractivity contribution in [3.63, 3.8) is 0 Å². The summed E-state index contributed by atoms with van der Waals surface area (Å²) in [4.78, 5) is 0.0218. The molecule has 1 fully saturated rings. The van der Waals surface area contributed by atoms with Crippen LogP contribution in [-0.4, -0.2) is 46.8 Å². The first-order valence-electron chi connectivity index (χ1n) is 6.21. The first-order valence-corrected chi connectivity index (χ1v) is 8.12. The van der Waals surface area contributed by atoms with E-state index in [0.717, 1.165) is 0 Å². The highest BCUT2D eigenvalue weighted by Crippen LogP contribution is 2.24. The summed E-state index contributed by atoms with van der Waals surface area (Å²) >= 11 is 4.84. The van der Waals surface area contributed by atoms with Crippen molar-refractivity contribution in [1.82, 2.24) is 4.31 Å². The normalized spacial score (nSPS) is 28.6. The van der Waals surface area contributed by atoms with Crippen molar-refractivity contribution < 1.29 is 13.5 Å². The zero-order valence-corrected chi connectivity index (χ0v) is 12.6. The molecule has 2 atom stereocenters. The Hall–Kier alpha value is -0.240. The summed E-state index contributed by atoms with van der Waals surface area (Å²) in [7, 11) is -3.49. The predicted octanol–water partition coefficient (Wildman–Crippen LogP) is 0.618. The van der Waals surface area contributed by atoms with Crippen molar-refractivity contribution >= 4 is 27.2 Å². The molecule has 106 valence electrons. The maximum atomic E-state index is 12.4. The Kier molecular flexibility index (Phi) is 5.11. The average molecular weight is 294 g/mol. The number of nitrogens with two attached hydrogens (primary N) is 1. The quantitative estimate of drug-likeness (QED) is 0.743. The van der Waals surface area contributed by atoms with E-state index in [1.165, 1.54) is 4.31 Å². The Bertz CT molecular complexity index is 407. The molecule has 0 aliphatic carbocycles. The molecule has 0 radical (unpaired) electrons. The molecule has 0 aromatic carbocycles. The molecule has 0 saturated carbocycles. The van der Waals surface area contributed by atoms with Crippen LogP contribution in [0.3, 0.4) is 0 Å². The fraction of sp³-hybridized carbons (Fsp3) is 0.909. The van der Waals surface area contributed by atoms with Gasteiger partial charge in [0.05, 0.1) is 10.6 Å². The summed E-state index contributed by atoms with van der Waals surface area (Å²) in [6, 6.07) is 0. The van der Waals surface area contributed by atoms with Crippen molar-refractivity contribution in [3.8, 4) is 0 Å². The molecule has 1 heterocycles. The van der Waals surface area contributed by atoms with E-state index < -0.39 is 20.9 Å². The largest absolute Gasteiger partial charge is 0.392 e. The minimum Gasteiger partial charge on any atom is -0.392 e. The molecule has 0 bridgehead atoms. The third-order valence-electron chi connectivity index (χ3n) is 3.43. The number of sulfonamides is 1. The molecule has 2 unspecified atom stereocenters. The highest BCUT2D eigenvalue weighted by atomic mass is 32.2. The average Bonchev–Trinajstić information content (AvgIpc) is 2.39. The number of rotatable bonds is 4. The minimum absolute atomic E-state index is 0.0218. The van der Waals surface area contributed by atoms with Crippen LogP contribution in [0.1, 0.15) is 39.5 Å². The van der Waals surface area contributed by atoms with E-state index in [1.807, 2.05) is 0 Å². The summed E-state index contributed by atoms with van der Waals surface area (Å²) in [5, 5.41) is 9.18. The van der Waals surface area contributed by atoms with Gasteiger partial charge in [-0.25, -0.2) is 12.7 Å². The summed E-state index contributed by atoms with van der Waals surface area (Å²) in [5.74, 6) is 0. The van der Waals surface area contributed by atoms with Crippen LogP contribution in [0.4, 0.5) is 0 Å². The number of thiocarbonyl (C=S) groups is 1. The van der Waals surface area contributed by atoms with Gasteiger partial charge >= 0.3 is 0 Å². The molecule has 0 spiro atoms. The Morgan fingerprint density at radius 3 is 2.61 bits per heavy atom. The lowest BCUT2D eigenvalue weighted by molar-refractivity contribution is 0.0465. The number of hydrogen-bond acceptors (Lipinski definition) is 4. The zero-order chi connectivity index (χ0) is 14.0. The van der Waals surface area contributed by atoms with Gasteiger partial charge in [-0.3, -0.25) is 0 Å². The topological polar surface area (TPSA) is 83.6 Å². The standard InChI is InChI=1S/C11H22N2O3S2/c1-3-9(10(12)17)18(15,16)13-7-4-5-11(2,14)6-8-13/h9,14H,3-8H2,1-2H3,(H2,12,17). The van der Waals surface area contributed by atoms with E-state index >= 15 is 0 Å². The molecule has 5 nitrogen and oxygen atoms in total. The zero-order valence-electron chi connectivity index (χ0n) is 10.9. The van der Waals surface area contributed by atoms with Crippen molar-refractivity contribution in [2.45, 2.75) is 50.4 Å². The molecular formula is C11H22N2O3S2. The molecule has 1 saturated heterocycles. The number of hydrogen-bond donors (Lipinski definition) is 2. The van der Waals surface area contributed by atoms with Gasteiger partial charge < -0.3 is 10.8 Å². The highest BCUT2D eigenvalue weighted by molar-refractivity contribution is 7.92. The SMILES string of the molecule is CCC(C(N)=S)S(=O)(=O)N1CCCC(C)(O)CC1. The van der Waals surface area contributed by atoms with Crippen molar-refractivity contribution in [2.75, 3.05) is 13.1 Å². The van der Waals surface area contributed by atoms with Gasteiger partial charge in [0.1, 0.15) is 5.25 Å². The van der Waals surface area contributed by atoms with Crippen LogP contribution in [0.2, 0.25) is 0 Å². The predicted molar refractivity (Wildman–Crippen MR) is 75.8 cm³/mol. The van der Waals surface area contributed by atoms with Gasteiger partial charge in [0.25, 0.3) is 0 Å².